The van der Waals surface area contributed by atoms with Crippen LogP contribution in [0.3, 0.4) is 0 Å². The molecule has 0 aliphatic carbocycles. The van der Waals surface area contributed by atoms with E-state index in [9.17, 15) is 18.0 Å². The van der Waals surface area contributed by atoms with E-state index in [0.717, 1.165) is 0 Å². The van der Waals surface area contributed by atoms with Crippen LogP contribution >= 0.6 is 11.6 Å². The van der Waals surface area contributed by atoms with Gasteiger partial charge in [0.05, 0.1) is 10.6 Å². The topological polar surface area (TPSA) is 83.6 Å². The first-order valence-electron chi connectivity index (χ1n) is 10.6. The van der Waals surface area contributed by atoms with Crippen molar-refractivity contribution in [3.8, 4) is 0 Å². The van der Waals surface area contributed by atoms with Crippen molar-refractivity contribution in [2.75, 3.05) is 17.8 Å². The number of ketones is 1. The fourth-order valence-corrected chi connectivity index (χ4v) is 5.21. The number of halogens is 1. The fraction of sp³-hybridized carbons (Fsp3) is 0.200. The van der Waals surface area contributed by atoms with E-state index in [1.54, 1.807) is 35.2 Å². The van der Waals surface area contributed by atoms with Crippen LogP contribution in [0, 0.1) is 5.92 Å². The van der Waals surface area contributed by atoms with Crippen molar-refractivity contribution in [3.63, 3.8) is 0 Å². The van der Waals surface area contributed by atoms with E-state index in [-0.39, 0.29) is 28.1 Å². The number of nitrogens with one attached hydrogen (secondary N) is 1. The van der Waals surface area contributed by atoms with Crippen LogP contribution < -0.4 is 4.72 Å². The minimum absolute atomic E-state index is 0.0116. The summed E-state index contributed by atoms with van der Waals surface area (Å²) in [5, 5.41) is 0.410. The third kappa shape index (κ3) is 5.43. The minimum atomic E-state index is -3.89. The maximum absolute atomic E-state index is 13.0. The molecule has 8 heteroatoms. The Kier molecular flexibility index (Phi) is 6.81. The molecule has 33 heavy (non-hydrogen) atoms. The van der Waals surface area contributed by atoms with Crippen molar-refractivity contribution in [2.24, 2.45) is 5.92 Å². The van der Waals surface area contributed by atoms with Crippen LogP contribution in [0.25, 0.3) is 0 Å². The Hall–Kier alpha value is -3.16. The zero-order valence-electron chi connectivity index (χ0n) is 17.8. The predicted molar refractivity (Wildman–Crippen MR) is 128 cm³/mol. The van der Waals surface area contributed by atoms with Gasteiger partial charge in [0.2, 0.25) is 0 Å². The maximum atomic E-state index is 13.0. The zero-order valence-corrected chi connectivity index (χ0v) is 19.4. The van der Waals surface area contributed by atoms with Crippen LogP contribution in [-0.2, 0) is 10.0 Å². The molecular weight excluding hydrogens is 460 g/mol. The summed E-state index contributed by atoms with van der Waals surface area (Å²) in [5.41, 5.74) is 1.31. The summed E-state index contributed by atoms with van der Waals surface area (Å²) in [6.45, 7) is 0.889. The Labute approximate surface area is 198 Å². The van der Waals surface area contributed by atoms with Gasteiger partial charge in [0, 0.05) is 35.2 Å². The lowest BCUT2D eigenvalue weighted by Crippen LogP contribution is -2.40. The average Bonchev–Trinajstić information content (AvgIpc) is 2.83. The van der Waals surface area contributed by atoms with Gasteiger partial charge in [-0.2, -0.15) is 0 Å². The first kappa shape index (κ1) is 23.0. The number of likely N-dealkylation sites (tertiary alicyclic amines) is 1. The highest BCUT2D eigenvalue weighted by Crippen LogP contribution is 2.24. The van der Waals surface area contributed by atoms with Gasteiger partial charge in [0.15, 0.2) is 5.78 Å². The Morgan fingerprint density at radius 3 is 2.21 bits per heavy atom. The molecule has 3 aromatic rings. The zero-order chi connectivity index (χ0) is 23.4. The molecule has 3 aromatic carbocycles. The molecule has 0 bridgehead atoms. The molecule has 170 valence electrons. The van der Waals surface area contributed by atoms with Crippen LogP contribution in [0.5, 0.6) is 0 Å². The van der Waals surface area contributed by atoms with Crippen molar-refractivity contribution in [3.05, 3.63) is 95.0 Å². The van der Waals surface area contributed by atoms with Gasteiger partial charge in [-0.05, 0) is 49.2 Å². The van der Waals surface area contributed by atoms with E-state index >= 15 is 0 Å². The number of Topliss-reactive ketones (excluding diaryl/α,β-unsaturated/α-hetero) is 1. The number of hydrogen-bond donors (Lipinski definition) is 1. The number of piperidine rings is 1. The van der Waals surface area contributed by atoms with Crippen LogP contribution in [0.2, 0.25) is 5.02 Å². The fourth-order valence-electron chi connectivity index (χ4n) is 3.93. The van der Waals surface area contributed by atoms with Gasteiger partial charge in [-0.3, -0.25) is 14.3 Å². The summed E-state index contributed by atoms with van der Waals surface area (Å²) in [6.07, 6.45) is 1.15. The minimum Gasteiger partial charge on any atom is -0.339 e. The molecule has 1 heterocycles. The Morgan fingerprint density at radius 1 is 0.848 bits per heavy atom. The summed E-state index contributed by atoms with van der Waals surface area (Å²) in [6, 6.07) is 21.5. The molecule has 0 atom stereocenters. The van der Waals surface area contributed by atoms with Crippen LogP contribution in [0.15, 0.2) is 83.8 Å². The highest BCUT2D eigenvalue weighted by Gasteiger charge is 2.29. The quantitative estimate of drug-likeness (QED) is 0.508. The number of rotatable bonds is 6. The third-order valence-corrected chi connectivity index (χ3v) is 7.29. The van der Waals surface area contributed by atoms with E-state index in [2.05, 4.69) is 4.72 Å². The van der Waals surface area contributed by atoms with Crippen molar-refractivity contribution in [1.82, 2.24) is 4.90 Å². The Balaban J connectivity index is 1.43. The SMILES string of the molecule is O=C(c1ccccc1)C1CCN(C(=O)c2cccc(S(=O)(=O)Nc3cccc(Cl)c3)c2)CC1. The molecule has 4 rings (SSSR count). The molecule has 1 saturated heterocycles. The molecule has 0 spiro atoms. The molecule has 1 aliphatic heterocycles. The van der Waals surface area contributed by atoms with Crippen LogP contribution in [0.1, 0.15) is 33.6 Å². The molecule has 0 saturated carbocycles. The monoisotopic (exact) mass is 482 g/mol. The molecule has 1 N–H and O–H groups in total. The summed E-state index contributed by atoms with van der Waals surface area (Å²) >= 11 is 5.93. The second-order valence-electron chi connectivity index (χ2n) is 7.94. The van der Waals surface area contributed by atoms with Gasteiger partial charge in [-0.1, -0.05) is 54.1 Å². The highest BCUT2D eigenvalue weighted by atomic mass is 35.5. The Bertz CT molecular complexity index is 1270. The molecule has 0 unspecified atom stereocenters. The van der Waals surface area contributed by atoms with Crippen molar-refractivity contribution in [2.45, 2.75) is 17.7 Å². The van der Waals surface area contributed by atoms with Crippen molar-refractivity contribution >= 4 is 39.0 Å². The molecule has 6 nitrogen and oxygen atoms in total. The average molecular weight is 483 g/mol. The molecule has 0 aromatic heterocycles. The number of carbonyl (C=O) groups excluding carboxylic acids is 2. The summed E-state index contributed by atoms with van der Waals surface area (Å²) in [5.74, 6) is -0.270. The van der Waals surface area contributed by atoms with Gasteiger partial charge < -0.3 is 4.90 Å². The third-order valence-electron chi connectivity index (χ3n) is 5.68. The van der Waals surface area contributed by atoms with E-state index in [1.807, 2.05) is 30.3 Å². The highest BCUT2D eigenvalue weighted by molar-refractivity contribution is 7.92. The number of anilines is 1. The number of carbonyl (C=O) groups is 2. The van der Waals surface area contributed by atoms with Gasteiger partial charge in [0.25, 0.3) is 15.9 Å². The molecule has 1 aliphatic rings. The Morgan fingerprint density at radius 2 is 1.52 bits per heavy atom. The normalized spacial score (nSPS) is 14.6. The first-order chi connectivity index (χ1) is 15.8. The maximum Gasteiger partial charge on any atom is 0.261 e. The summed E-state index contributed by atoms with van der Waals surface area (Å²) < 4.78 is 28.1. The van der Waals surface area contributed by atoms with E-state index in [4.69, 9.17) is 11.6 Å². The number of benzene rings is 3. The lowest BCUT2D eigenvalue weighted by Gasteiger charge is -2.31. The number of nitrogens with zero attached hydrogens (tertiary/aromatic N) is 1. The number of amides is 1. The van der Waals surface area contributed by atoms with Gasteiger partial charge in [0.1, 0.15) is 0 Å². The van der Waals surface area contributed by atoms with Crippen LogP contribution in [0.4, 0.5) is 5.69 Å². The first-order valence-corrected chi connectivity index (χ1v) is 12.5. The molecule has 0 radical (unpaired) electrons. The molecular formula is C25H23ClN2O4S. The van der Waals surface area contributed by atoms with E-state index in [1.165, 1.54) is 18.2 Å². The lowest BCUT2D eigenvalue weighted by molar-refractivity contribution is 0.0650. The predicted octanol–water partition coefficient (Wildman–Crippen LogP) is 4.88. The summed E-state index contributed by atoms with van der Waals surface area (Å²) in [7, 11) is -3.89. The summed E-state index contributed by atoms with van der Waals surface area (Å²) in [4.78, 5) is 27.4. The second-order valence-corrected chi connectivity index (χ2v) is 10.1. The number of sulfonamides is 1. The van der Waals surface area contributed by atoms with Crippen LogP contribution in [-0.4, -0.2) is 38.1 Å². The van der Waals surface area contributed by atoms with Gasteiger partial charge in [-0.15, -0.1) is 0 Å². The van der Waals surface area contributed by atoms with E-state index < -0.39 is 10.0 Å². The lowest BCUT2D eigenvalue weighted by atomic mass is 9.88. The van der Waals surface area contributed by atoms with Gasteiger partial charge in [-0.25, -0.2) is 8.42 Å². The molecule has 1 amide bonds. The second kappa shape index (κ2) is 9.77. The molecule has 1 fully saturated rings. The largest absolute Gasteiger partial charge is 0.339 e. The van der Waals surface area contributed by atoms with Crippen molar-refractivity contribution in [1.29, 1.82) is 0 Å². The smallest absolute Gasteiger partial charge is 0.261 e. The van der Waals surface area contributed by atoms with Gasteiger partial charge >= 0.3 is 0 Å². The van der Waals surface area contributed by atoms with Crippen molar-refractivity contribution < 1.29 is 18.0 Å². The standard InChI is InChI=1S/C25H23ClN2O4S/c26-21-9-5-10-22(17-21)27-33(31,32)23-11-4-8-20(16-23)25(30)28-14-12-19(13-15-28)24(29)18-6-2-1-3-7-18/h1-11,16-17,19,27H,12-15H2. The van der Waals surface area contributed by atoms with E-state index in [0.29, 0.717) is 42.2 Å². The number of hydrogen-bond acceptors (Lipinski definition) is 4.